The van der Waals surface area contributed by atoms with Gasteiger partial charge in [0, 0.05) is 17.6 Å². The first-order chi connectivity index (χ1) is 10.9. The third kappa shape index (κ3) is 5.15. The molecule has 0 atom stereocenters. The average molecular weight is 316 g/mol. The molecule has 120 valence electrons. The summed E-state index contributed by atoms with van der Waals surface area (Å²) in [6.07, 6.45) is 2.32. The SMILES string of the molecule is CN(C)CC(=O)Nc1ccc(NC(=O)c2cncc(F)c2)cc1. The number of benzene rings is 1. The molecule has 6 nitrogen and oxygen atoms in total. The predicted molar refractivity (Wildman–Crippen MR) is 85.8 cm³/mol. The largest absolute Gasteiger partial charge is 0.325 e. The van der Waals surface area contributed by atoms with Gasteiger partial charge in [-0.15, -0.1) is 0 Å². The summed E-state index contributed by atoms with van der Waals surface area (Å²) < 4.78 is 13.0. The second-order valence-corrected chi connectivity index (χ2v) is 5.21. The molecule has 0 aliphatic carbocycles. The van der Waals surface area contributed by atoms with Crippen molar-refractivity contribution in [2.45, 2.75) is 0 Å². The Labute approximate surface area is 133 Å². The van der Waals surface area contributed by atoms with Crippen molar-refractivity contribution in [3.63, 3.8) is 0 Å². The number of hydrogen-bond donors (Lipinski definition) is 2. The Balaban J connectivity index is 1.97. The van der Waals surface area contributed by atoms with Crippen molar-refractivity contribution in [1.29, 1.82) is 0 Å². The second-order valence-electron chi connectivity index (χ2n) is 5.21. The standard InChI is InChI=1S/C16H17FN4O2/c1-21(2)10-15(22)19-13-3-5-14(6-4-13)20-16(23)11-7-12(17)9-18-8-11/h3-9H,10H2,1-2H3,(H,19,22)(H,20,23). The van der Waals surface area contributed by atoms with Crippen LogP contribution in [0, 0.1) is 5.82 Å². The van der Waals surface area contributed by atoms with Crippen LogP contribution in [0.25, 0.3) is 0 Å². The molecule has 1 heterocycles. The van der Waals surface area contributed by atoms with Crippen LogP contribution in [0.2, 0.25) is 0 Å². The molecule has 1 aromatic heterocycles. The van der Waals surface area contributed by atoms with Crippen molar-refractivity contribution in [2.75, 3.05) is 31.3 Å². The summed E-state index contributed by atoms with van der Waals surface area (Å²) in [7, 11) is 3.61. The molecule has 0 bridgehead atoms. The zero-order chi connectivity index (χ0) is 16.8. The highest BCUT2D eigenvalue weighted by molar-refractivity contribution is 6.04. The van der Waals surface area contributed by atoms with E-state index < -0.39 is 11.7 Å². The molecule has 2 aromatic rings. The molecule has 0 saturated heterocycles. The third-order valence-electron chi connectivity index (χ3n) is 2.85. The molecule has 0 saturated carbocycles. The number of carbonyl (C=O) groups is 2. The number of nitrogens with one attached hydrogen (secondary N) is 2. The fourth-order valence-electron chi connectivity index (χ4n) is 1.86. The van der Waals surface area contributed by atoms with E-state index in [0.717, 1.165) is 12.3 Å². The molecule has 0 fully saturated rings. The van der Waals surface area contributed by atoms with Crippen LogP contribution >= 0.6 is 0 Å². The minimum absolute atomic E-state index is 0.127. The maximum atomic E-state index is 13.0. The molecule has 1 aromatic carbocycles. The molecule has 0 aliphatic rings. The molecule has 23 heavy (non-hydrogen) atoms. The van der Waals surface area contributed by atoms with Crippen LogP contribution in [0.15, 0.2) is 42.7 Å². The number of nitrogens with zero attached hydrogens (tertiary/aromatic N) is 2. The lowest BCUT2D eigenvalue weighted by atomic mass is 10.2. The van der Waals surface area contributed by atoms with Gasteiger partial charge in [0.1, 0.15) is 5.82 Å². The fraction of sp³-hybridized carbons (Fsp3) is 0.188. The van der Waals surface area contributed by atoms with E-state index in [1.165, 1.54) is 6.20 Å². The van der Waals surface area contributed by atoms with Crippen LogP contribution in [0.5, 0.6) is 0 Å². The Morgan fingerprint density at radius 1 is 1.09 bits per heavy atom. The van der Waals surface area contributed by atoms with Gasteiger partial charge in [-0.1, -0.05) is 0 Å². The van der Waals surface area contributed by atoms with Gasteiger partial charge in [-0.05, 0) is 44.4 Å². The van der Waals surface area contributed by atoms with Crippen LogP contribution in [0.1, 0.15) is 10.4 Å². The Kier molecular flexibility index (Phi) is 5.37. The van der Waals surface area contributed by atoms with Gasteiger partial charge >= 0.3 is 0 Å². The molecule has 7 heteroatoms. The summed E-state index contributed by atoms with van der Waals surface area (Å²) in [5.74, 6) is -1.16. The third-order valence-corrected chi connectivity index (χ3v) is 2.85. The van der Waals surface area contributed by atoms with Crippen LogP contribution in [-0.4, -0.2) is 42.3 Å². The van der Waals surface area contributed by atoms with Crippen molar-refractivity contribution >= 4 is 23.2 Å². The van der Waals surface area contributed by atoms with E-state index in [0.29, 0.717) is 11.4 Å². The van der Waals surface area contributed by atoms with Crippen molar-refractivity contribution < 1.29 is 14.0 Å². The number of aromatic nitrogens is 1. The number of pyridine rings is 1. The molecule has 2 rings (SSSR count). The summed E-state index contributed by atoms with van der Waals surface area (Å²) >= 11 is 0. The Hall–Kier alpha value is -2.80. The van der Waals surface area contributed by atoms with E-state index in [-0.39, 0.29) is 18.0 Å². The maximum absolute atomic E-state index is 13.0. The predicted octanol–water partition coefficient (Wildman–Crippen LogP) is 1.97. The van der Waals surface area contributed by atoms with Gasteiger partial charge in [-0.25, -0.2) is 4.39 Å². The highest BCUT2D eigenvalue weighted by atomic mass is 19.1. The van der Waals surface area contributed by atoms with Gasteiger partial charge in [-0.2, -0.15) is 0 Å². The number of halogens is 1. The Morgan fingerprint density at radius 2 is 1.70 bits per heavy atom. The summed E-state index contributed by atoms with van der Waals surface area (Å²) in [6.45, 7) is 0.283. The zero-order valence-electron chi connectivity index (χ0n) is 12.8. The van der Waals surface area contributed by atoms with Gasteiger partial charge in [-0.3, -0.25) is 14.6 Å². The molecular formula is C16H17FN4O2. The number of carbonyl (C=O) groups excluding carboxylic acids is 2. The Bertz CT molecular complexity index is 701. The van der Waals surface area contributed by atoms with E-state index in [2.05, 4.69) is 15.6 Å². The molecule has 2 amide bonds. The molecule has 0 spiro atoms. The van der Waals surface area contributed by atoms with Crippen LogP contribution in [0.4, 0.5) is 15.8 Å². The zero-order valence-corrected chi connectivity index (χ0v) is 12.8. The summed E-state index contributed by atoms with van der Waals surface area (Å²) in [6, 6.07) is 7.75. The van der Waals surface area contributed by atoms with Crippen molar-refractivity contribution in [3.05, 3.63) is 54.1 Å². The number of anilines is 2. The lowest BCUT2D eigenvalue weighted by Crippen LogP contribution is -2.27. The smallest absolute Gasteiger partial charge is 0.257 e. The summed E-state index contributed by atoms with van der Waals surface area (Å²) in [5, 5.41) is 5.37. The Morgan fingerprint density at radius 3 is 2.26 bits per heavy atom. The molecule has 0 radical (unpaired) electrons. The number of amides is 2. The van der Waals surface area contributed by atoms with Gasteiger partial charge in [0.2, 0.25) is 5.91 Å². The monoisotopic (exact) mass is 316 g/mol. The van der Waals surface area contributed by atoms with E-state index in [4.69, 9.17) is 0 Å². The molecule has 2 N–H and O–H groups in total. The van der Waals surface area contributed by atoms with E-state index in [1.54, 1.807) is 43.3 Å². The van der Waals surface area contributed by atoms with E-state index in [1.807, 2.05) is 0 Å². The minimum atomic E-state index is -0.573. The van der Waals surface area contributed by atoms with Gasteiger partial charge in [0.25, 0.3) is 5.91 Å². The molecular weight excluding hydrogens is 299 g/mol. The quantitative estimate of drug-likeness (QED) is 0.884. The highest BCUT2D eigenvalue weighted by Crippen LogP contribution is 2.14. The van der Waals surface area contributed by atoms with Gasteiger partial charge in [0.15, 0.2) is 0 Å². The van der Waals surface area contributed by atoms with E-state index >= 15 is 0 Å². The summed E-state index contributed by atoms with van der Waals surface area (Å²) in [4.78, 5) is 29.0. The fourth-order valence-corrected chi connectivity index (χ4v) is 1.86. The molecule has 0 unspecified atom stereocenters. The lowest BCUT2D eigenvalue weighted by Gasteiger charge is -2.11. The average Bonchev–Trinajstić information content (AvgIpc) is 2.48. The second kappa shape index (κ2) is 7.46. The number of likely N-dealkylation sites (N-methyl/N-ethyl adjacent to an activating group) is 1. The summed E-state index contributed by atoms with van der Waals surface area (Å²) in [5.41, 5.74) is 1.29. The van der Waals surface area contributed by atoms with Crippen LogP contribution in [-0.2, 0) is 4.79 Å². The van der Waals surface area contributed by atoms with Crippen molar-refractivity contribution in [3.8, 4) is 0 Å². The first-order valence-corrected chi connectivity index (χ1v) is 6.90. The van der Waals surface area contributed by atoms with E-state index in [9.17, 15) is 14.0 Å². The number of hydrogen-bond acceptors (Lipinski definition) is 4. The van der Waals surface area contributed by atoms with Gasteiger partial charge in [0.05, 0.1) is 18.3 Å². The first kappa shape index (κ1) is 16.6. The maximum Gasteiger partial charge on any atom is 0.257 e. The van der Waals surface area contributed by atoms with Crippen LogP contribution in [0.3, 0.4) is 0 Å². The van der Waals surface area contributed by atoms with Crippen molar-refractivity contribution in [1.82, 2.24) is 9.88 Å². The van der Waals surface area contributed by atoms with Crippen LogP contribution < -0.4 is 10.6 Å². The van der Waals surface area contributed by atoms with Crippen molar-refractivity contribution in [2.24, 2.45) is 0 Å². The number of rotatable bonds is 5. The normalized spacial score (nSPS) is 10.4. The first-order valence-electron chi connectivity index (χ1n) is 6.90. The molecule has 0 aliphatic heterocycles. The lowest BCUT2D eigenvalue weighted by molar-refractivity contribution is -0.116. The topological polar surface area (TPSA) is 74.3 Å². The minimum Gasteiger partial charge on any atom is -0.325 e. The van der Waals surface area contributed by atoms with Gasteiger partial charge < -0.3 is 15.5 Å². The highest BCUT2D eigenvalue weighted by Gasteiger charge is 2.08.